The molecule has 102 valence electrons. The van der Waals surface area contributed by atoms with Crippen molar-refractivity contribution in [2.45, 2.75) is 33.4 Å². The molecule has 0 bridgehead atoms. The van der Waals surface area contributed by atoms with Crippen molar-refractivity contribution >= 4 is 9.84 Å². The van der Waals surface area contributed by atoms with Gasteiger partial charge in [0.2, 0.25) is 0 Å². The second kappa shape index (κ2) is 5.99. The molecule has 0 radical (unpaired) electrons. The minimum absolute atomic E-state index is 0.00357. The molecule has 1 rings (SSSR count). The van der Waals surface area contributed by atoms with Gasteiger partial charge in [-0.3, -0.25) is 9.36 Å². The first-order chi connectivity index (χ1) is 8.41. The maximum atomic E-state index is 11.8. The number of hydrogen-bond acceptors (Lipinski definition) is 4. The normalized spacial score (nSPS) is 11.7. The van der Waals surface area contributed by atoms with Gasteiger partial charge < -0.3 is 4.57 Å². The van der Waals surface area contributed by atoms with Crippen LogP contribution in [-0.2, 0) is 22.9 Å². The summed E-state index contributed by atoms with van der Waals surface area (Å²) in [4.78, 5) is 23.4. The molecule has 1 aromatic heterocycles. The highest BCUT2D eigenvalue weighted by Gasteiger charge is 2.09. The zero-order chi connectivity index (χ0) is 13.8. The van der Waals surface area contributed by atoms with Gasteiger partial charge in [-0.2, -0.15) is 0 Å². The van der Waals surface area contributed by atoms with Crippen LogP contribution in [0.15, 0.2) is 21.9 Å². The van der Waals surface area contributed by atoms with Gasteiger partial charge in [0.25, 0.3) is 5.56 Å². The SMILES string of the molecule is CCn1ccc(=O)n(CCCS(=O)(=O)CC)c1=O. The van der Waals surface area contributed by atoms with E-state index in [1.54, 1.807) is 13.8 Å². The van der Waals surface area contributed by atoms with Crippen molar-refractivity contribution in [3.8, 4) is 0 Å². The Labute approximate surface area is 106 Å². The largest absolute Gasteiger partial charge is 0.330 e. The van der Waals surface area contributed by atoms with Crippen molar-refractivity contribution in [2.24, 2.45) is 0 Å². The van der Waals surface area contributed by atoms with Crippen LogP contribution in [0.2, 0.25) is 0 Å². The van der Waals surface area contributed by atoms with Gasteiger partial charge in [0, 0.05) is 31.1 Å². The van der Waals surface area contributed by atoms with Gasteiger partial charge in [-0.25, -0.2) is 13.2 Å². The third kappa shape index (κ3) is 3.56. The molecule has 0 atom stereocenters. The van der Waals surface area contributed by atoms with Crippen molar-refractivity contribution in [1.29, 1.82) is 0 Å². The smallest absolute Gasteiger partial charge is 0.301 e. The maximum absolute atomic E-state index is 11.8. The van der Waals surface area contributed by atoms with Gasteiger partial charge in [-0.05, 0) is 13.3 Å². The summed E-state index contributed by atoms with van der Waals surface area (Å²) in [5.41, 5.74) is -0.780. The van der Waals surface area contributed by atoms with E-state index < -0.39 is 15.4 Å². The lowest BCUT2D eigenvalue weighted by Crippen LogP contribution is -2.39. The summed E-state index contributed by atoms with van der Waals surface area (Å²) < 4.78 is 25.1. The summed E-state index contributed by atoms with van der Waals surface area (Å²) in [6.45, 7) is 4.00. The highest BCUT2D eigenvalue weighted by molar-refractivity contribution is 7.91. The van der Waals surface area contributed by atoms with Crippen molar-refractivity contribution in [3.05, 3.63) is 33.1 Å². The Bertz CT molecular complexity index is 613. The third-order valence-electron chi connectivity index (χ3n) is 2.76. The molecule has 0 spiro atoms. The summed E-state index contributed by atoms with van der Waals surface area (Å²) in [6.07, 6.45) is 1.73. The molecule has 1 aromatic rings. The van der Waals surface area contributed by atoms with E-state index in [1.807, 2.05) is 0 Å². The molecule has 0 aliphatic carbocycles. The Morgan fingerprint density at radius 2 is 1.89 bits per heavy atom. The third-order valence-corrected chi connectivity index (χ3v) is 4.55. The van der Waals surface area contributed by atoms with Gasteiger partial charge in [0.1, 0.15) is 9.84 Å². The standard InChI is InChI=1S/C11H18N2O4S/c1-3-12-8-6-10(14)13(11(12)15)7-5-9-18(16,17)4-2/h6,8H,3-5,7,9H2,1-2H3. The molecule has 6 nitrogen and oxygen atoms in total. The molecule has 0 aliphatic heterocycles. The average Bonchev–Trinajstić information content (AvgIpc) is 2.33. The van der Waals surface area contributed by atoms with E-state index >= 15 is 0 Å². The lowest BCUT2D eigenvalue weighted by molar-refractivity contribution is 0.550. The lowest BCUT2D eigenvalue weighted by atomic mass is 10.4. The molecule has 7 heteroatoms. The van der Waals surface area contributed by atoms with Crippen LogP contribution in [0.5, 0.6) is 0 Å². The van der Waals surface area contributed by atoms with Crippen LogP contribution < -0.4 is 11.2 Å². The molecule has 0 saturated heterocycles. The highest BCUT2D eigenvalue weighted by atomic mass is 32.2. The van der Waals surface area contributed by atoms with Gasteiger partial charge in [0.15, 0.2) is 0 Å². The van der Waals surface area contributed by atoms with Crippen LogP contribution in [0.1, 0.15) is 20.3 Å². The predicted molar refractivity (Wildman–Crippen MR) is 69.6 cm³/mol. The number of sulfone groups is 1. The first-order valence-corrected chi connectivity index (χ1v) is 7.74. The van der Waals surface area contributed by atoms with Crippen molar-refractivity contribution < 1.29 is 8.42 Å². The Morgan fingerprint density at radius 1 is 1.22 bits per heavy atom. The molecule has 1 heterocycles. The van der Waals surface area contributed by atoms with E-state index in [0.29, 0.717) is 6.54 Å². The number of nitrogens with zero attached hydrogens (tertiary/aromatic N) is 2. The van der Waals surface area contributed by atoms with Crippen molar-refractivity contribution in [1.82, 2.24) is 9.13 Å². The quantitative estimate of drug-likeness (QED) is 0.723. The molecule has 0 aromatic carbocycles. The van der Waals surface area contributed by atoms with Crippen LogP contribution in [0.25, 0.3) is 0 Å². The highest BCUT2D eigenvalue weighted by Crippen LogP contribution is 1.94. The summed E-state index contributed by atoms with van der Waals surface area (Å²) in [6, 6.07) is 1.32. The topological polar surface area (TPSA) is 78.1 Å². The number of aryl methyl sites for hydroxylation is 1. The predicted octanol–water partition coefficient (Wildman–Crippen LogP) is -0.145. The molecule has 0 unspecified atom stereocenters. The van der Waals surface area contributed by atoms with Crippen molar-refractivity contribution in [2.75, 3.05) is 11.5 Å². The van der Waals surface area contributed by atoms with E-state index in [1.165, 1.54) is 16.8 Å². The van der Waals surface area contributed by atoms with E-state index in [2.05, 4.69) is 0 Å². The molecule has 0 N–H and O–H groups in total. The average molecular weight is 274 g/mol. The van der Waals surface area contributed by atoms with Crippen LogP contribution in [-0.4, -0.2) is 29.1 Å². The number of hydrogen-bond donors (Lipinski definition) is 0. The van der Waals surface area contributed by atoms with Gasteiger partial charge in [-0.1, -0.05) is 6.92 Å². The fraction of sp³-hybridized carbons (Fsp3) is 0.636. The van der Waals surface area contributed by atoms with Crippen LogP contribution in [0.3, 0.4) is 0 Å². The molecular formula is C11H18N2O4S. The molecule has 0 amide bonds. The lowest BCUT2D eigenvalue weighted by Gasteiger charge is -2.07. The van der Waals surface area contributed by atoms with Crippen molar-refractivity contribution in [3.63, 3.8) is 0 Å². The fourth-order valence-electron chi connectivity index (χ4n) is 1.59. The summed E-state index contributed by atoms with van der Waals surface area (Å²) in [7, 11) is -3.06. The molecule has 0 aliphatic rings. The van der Waals surface area contributed by atoms with E-state index in [-0.39, 0.29) is 30.2 Å². The van der Waals surface area contributed by atoms with Gasteiger partial charge in [-0.15, -0.1) is 0 Å². The first-order valence-electron chi connectivity index (χ1n) is 5.92. The van der Waals surface area contributed by atoms with Crippen LogP contribution in [0, 0.1) is 0 Å². The summed E-state index contributed by atoms with van der Waals surface area (Å²) in [5, 5.41) is 0. The van der Waals surface area contributed by atoms with Gasteiger partial charge in [0.05, 0.1) is 5.75 Å². The molecular weight excluding hydrogens is 256 g/mol. The Kier molecular flexibility index (Phi) is 4.89. The number of rotatable bonds is 6. The zero-order valence-corrected chi connectivity index (χ0v) is 11.4. The second-order valence-electron chi connectivity index (χ2n) is 3.96. The summed E-state index contributed by atoms with van der Waals surface area (Å²) in [5.74, 6) is 0.0757. The van der Waals surface area contributed by atoms with Crippen LogP contribution >= 0.6 is 0 Å². The summed E-state index contributed by atoms with van der Waals surface area (Å²) >= 11 is 0. The maximum Gasteiger partial charge on any atom is 0.330 e. The minimum Gasteiger partial charge on any atom is -0.301 e. The zero-order valence-electron chi connectivity index (χ0n) is 10.6. The second-order valence-corrected chi connectivity index (χ2v) is 6.44. The molecule has 0 saturated carbocycles. The Hall–Kier alpha value is -1.37. The van der Waals surface area contributed by atoms with Gasteiger partial charge >= 0.3 is 5.69 Å². The number of aromatic nitrogens is 2. The first kappa shape index (κ1) is 14.7. The van der Waals surface area contributed by atoms with E-state index in [0.717, 1.165) is 4.57 Å². The molecule has 0 fully saturated rings. The molecule has 18 heavy (non-hydrogen) atoms. The minimum atomic E-state index is -3.06. The monoisotopic (exact) mass is 274 g/mol. The van der Waals surface area contributed by atoms with E-state index in [9.17, 15) is 18.0 Å². The fourth-order valence-corrected chi connectivity index (χ4v) is 2.45. The van der Waals surface area contributed by atoms with Crippen LogP contribution in [0.4, 0.5) is 0 Å². The Morgan fingerprint density at radius 3 is 2.44 bits per heavy atom. The van der Waals surface area contributed by atoms with E-state index in [4.69, 9.17) is 0 Å². The Balaban J connectivity index is 2.86.